The first kappa shape index (κ1) is 19.3. The number of benzene rings is 2. The van der Waals surface area contributed by atoms with Gasteiger partial charge in [-0.1, -0.05) is 0 Å². The minimum absolute atomic E-state index is 0.0321. The number of rotatable bonds is 7. The zero-order chi connectivity index (χ0) is 20.1. The first-order valence-corrected chi connectivity index (χ1v) is 8.27. The lowest BCUT2D eigenvalue weighted by Crippen LogP contribution is -2.18. The molecule has 0 radical (unpaired) electrons. The van der Waals surface area contributed by atoms with Crippen LogP contribution in [0.1, 0.15) is 0 Å². The topological polar surface area (TPSA) is 94.6 Å². The van der Waals surface area contributed by atoms with E-state index in [-0.39, 0.29) is 12.3 Å². The third kappa shape index (κ3) is 4.09. The van der Waals surface area contributed by atoms with Crippen LogP contribution in [0.4, 0.5) is 21.6 Å². The van der Waals surface area contributed by atoms with Crippen LogP contribution in [0.15, 0.2) is 36.7 Å². The van der Waals surface area contributed by atoms with Crippen LogP contribution in [0.25, 0.3) is 10.9 Å². The third-order valence-electron chi connectivity index (χ3n) is 3.92. The number of anilines is 3. The van der Waals surface area contributed by atoms with Crippen molar-refractivity contribution >= 4 is 34.0 Å². The molecule has 2 N–H and O–H groups in total. The smallest absolute Gasteiger partial charge is 0.250 e. The minimum atomic E-state index is -0.561. The summed E-state index contributed by atoms with van der Waals surface area (Å²) in [5.41, 5.74) is 1.21. The van der Waals surface area contributed by atoms with Crippen molar-refractivity contribution < 1.29 is 23.4 Å². The highest BCUT2D eigenvalue weighted by atomic mass is 19.1. The van der Waals surface area contributed by atoms with E-state index >= 15 is 0 Å². The van der Waals surface area contributed by atoms with E-state index in [0.29, 0.717) is 33.9 Å². The maximum Gasteiger partial charge on any atom is 0.250 e. The van der Waals surface area contributed by atoms with Gasteiger partial charge in [0.25, 0.3) is 0 Å². The fraction of sp³-hybridized carbons (Fsp3) is 0.211. The lowest BCUT2D eigenvalue weighted by Gasteiger charge is -2.13. The van der Waals surface area contributed by atoms with Crippen LogP contribution in [0.3, 0.4) is 0 Å². The van der Waals surface area contributed by atoms with Crippen molar-refractivity contribution in [1.82, 2.24) is 9.97 Å². The number of halogens is 1. The molecule has 0 atom stereocenters. The quantitative estimate of drug-likeness (QED) is 0.644. The average Bonchev–Trinajstić information content (AvgIpc) is 2.70. The number of hydrogen-bond donors (Lipinski definition) is 2. The molecule has 0 aliphatic rings. The molecular weight excluding hydrogens is 367 g/mol. The Balaban J connectivity index is 1.95. The maximum absolute atomic E-state index is 14.0. The van der Waals surface area contributed by atoms with E-state index in [1.165, 1.54) is 38.7 Å². The van der Waals surface area contributed by atoms with Gasteiger partial charge in [-0.05, 0) is 24.3 Å². The lowest BCUT2D eigenvalue weighted by molar-refractivity contribution is -0.119. The van der Waals surface area contributed by atoms with E-state index < -0.39 is 11.7 Å². The lowest BCUT2D eigenvalue weighted by atomic mass is 10.2. The van der Waals surface area contributed by atoms with Gasteiger partial charge in [-0.15, -0.1) is 0 Å². The predicted molar refractivity (Wildman–Crippen MR) is 103 cm³/mol. The molecule has 3 aromatic rings. The van der Waals surface area contributed by atoms with E-state index in [9.17, 15) is 9.18 Å². The number of carbonyl (C=O) groups is 1. The van der Waals surface area contributed by atoms with E-state index in [1.807, 2.05) is 0 Å². The number of hydrogen-bond acceptors (Lipinski definition) is 7. The monoisotopic (exact) mass is 386 g/mol. The van der Waals surface area contributed by atoms with Gasteiger partial charge in [-0.2, -0.15) is 0 Å². The summed E-state index contributed by atoms with van der Waals surface area (Å²) in [5, 5.41) is 6.26. The van der Waals surface area contributed by atoms with Crippen LogP contribution in [0.5, 0.6) is 11.5 Å². The summed E-state index contributed by atoms with van der Waals surface area (Å²) in [4.78, 5) is 20.2. The molecule has 28 heavy (non-hydrogen) atoms. The Morgan fingerprint density at radius 2 is 1.82 bits per heavy atom. The molecule has 0 bridgehead atoms. The third-order valence-corrected chi connectivity index (χ3v) is 3.92. The fourth-order valence-electron chi connectivity index (χ4n) is 2.64. The molecule has 0 saturated carbocycles. The molecular formula is C19H19FN4O4. The number of aromatic nitrogens is 2. The van der Waals surface area contributed by atoms with Gasteiger partial charge in [-0.3, -0.25) is 4.79 Å². The SMILES string of the molecule is COCC(=O)Nc1cc(Nc2ncnc3cc(OC)c(OC)cc23)ccc1F. The largest absolute Gasteiger partial charge is 0.493 e. The second kappa shape index (κ2) is 8.49. The van der Waals surface area contributed by atoms with Gasteiger partial charge < -0.3 is 24.8 Å². The van der Waals surface area contributed by atoms with Crippen molar-refractivity contribution in [2.45, 2.75) is 0 Å². The fourth-order valence-corrected chi connectivity index (χ4v) is 2.64. The van der Waals surface area contributed by atoms with Crippen LogP contribution >= 0.6 is 0 Å². The molecule has 1 aromatic heterocycles. The molecule has 0 aliphatic heterocycles. The summed E-state index contributed by atoms with van der Waals surface area (Å²) in [7, 11) is 4.47. The van der Waals surface area contributed by atoms with Gasteiger partial charge in [0.1, 0.15) is 24.6 Å². The molecule has 8 nitrogen and oxygen atoms in total. The van der Waals surface area contributed by atoms with Crippen LogP contribution in [-0.4, -0.2) is 43.8 Å². The summed E-state index contributed by atoms with van der Waals surface area (Å²) in [5.74, 6) is 0.549. The molecule has 0 unspecified atom stereocenters. The molecule has 3 rings (SSSR count). The second-order valence-electron chi connectivity index (χ2n) is 5.75. The second-order valence-corrected chi connectivity index (χ2v) is 5.75. The number of carbonyl (C=O) groups excluding carboxylic acids is 1. The summed E-state index contributed by atoms with van der Waals surface area (Å²) in [6, 6.07) is 7.74. The van der Waals surface area contributed by atoms with Gasteiger partial charge >= 0.3 is 0 Å². The normalized spacial score (nSPS) is 10.6. The molecule has 0 aliphatic carbocycles. The van der Waals surface area contributed by atoms with E-state index in [2.05, 4.69) is 20.6 Å². The summed E-state index contributed by atoms with van der Waals surface area (Å²) < 4.78 is 29.4. The van der Waals surface area contributed by atoms with Gasteiger partial charge in [0.2, 0.25) is 5.91 Å². The maximum atomic E-state index is 14.0. The van der Waals surface area contributed by atoms with Gasteiger partial charge in [0.15, 0.2) is 11.5 Å². The molecule has 1 heterocycles. The van der Waals surface area contributed by atoms with E-state index in [4.69, 9.17) is 14.2 Å². The molecule has 2 aromatic carbocycles. The van der Waals surface area contributed by atoms with Gasteiger partial charge in [0, 0.05) is 24.2 Å². The van der Waals surface area contributed by atoms with Gasteiger partial charge in [0.05, 0.1) is 25.4 Å². The number of fused-ring (bicyclic) bond motifs is 1. The molecule has 0 spiro atoms. The minimum Gasteiger partial charge on any atom is -0.493 e. The Morgan fingerprint density at radius 3 is 2.54 bits per heavy atom. The highest BCUT2D eigenvalue weighted by Crippen LogP contribution is 2.34. The van der Waals surface area contributed by atoms with Crippen molar-refractivity contribution in [2.75, 3.05) is 38.6 Å². The Hall–Kier alpha value is -3.46. The van der Waals surface area contributed by atoms with Crippen molar-refractivity contribution in [3.05, 3.63) is 42.5 Å². The molecule has 1 amide bonds. The Kier molecular flexibility index (Phi) is 5.85. The Morgan fingerprint density at radius 1 is 1.07 bits per heavy atom. The molecule has 146 valence electrons. The number of nitrogens with zero attached hydrogens (tertiary/aromatic N) is 2. The Labute approximate surface area is 160 Å². The Bertz CT molecular complexity index is 1010. The highest BCUT2D eigenvalue weighted by Gasteiger charge is 2.12. The highest BCUT2D eigenvalue weighted by molar-refractivity contribution is 5.94. The standard InChI is InChI=1S/C19H19FN4O4/c1-26-9-18(25)24-15-6-11(4-5-13(15)20)23-19-12-7-16(27-2)17(28-3)8-14(12)21-10-22-19/h4-8,10H,9H2,1-3H3,(H,24,25)(H,21,22,23). The van der Waals surface area contributed by atoms with Gasteiger partial charge in [-0.25, -0.2) is 14.4 Å². The first-order chi connectivity index (χ1) is 13.5. The first-order valence-electron chi connectivity index (χ1n) is 8.27. The van der Waals surface area contributed by atoms with E-state index in [1.54, 1.807) is 19.2 Å². The zero-order valence-corrected chi connectivity index (χ0v) is 15.6. The number of methoxy groups -OCH3 is 3. The number of amides is 1. The molecule has 9 heteroatoms. The van der Waals surface area contributed by atoms with Crippen molar-refractivity contribution in [3.63, 3.8) is 0 Å². The van der Waals surface area contributed by atoms with Crippen molar-refractivity contribution in [1.29, 1.82) is 0 Å². The average molecular weight is 386 g/mol. The van der Waals surface area contributed by atoms with Crippen LogP contribution in [-0.2, 0) is 9.53 Å². The zero-order valence-electron chi connectivity index (χ0n) is 15.6. The van der Waals surface area contributed by atoms with Crippen LogP contribution in [0, 0.1) is 5.82 Å². The molecule has 0 fully saturated rings. The van der Waals surface area contributed by atoms with Crippen LogP contribution < -0.4 is 20.1 Å². The predicted octanol–water partition coefficient (Wildman–Crippen LogP) is 3.11. The van der Waals surface area contributed by atoms with Crippen molar-refractivity contribution in [3.8, 4) is 11.5 Å². The summed E-state index contributed by atoms with van der Waals surface area (Å²) >= 11 is 0. The van der Waals surface area contributed by atoms with Crippen molar-refractivity contribution in [2.24, 2.45) is 0 Å². The number of nitrogens with one attached hydrogen (secondary N) is 2. The summed E-state index contributed by atoms with van der Waals surface area (Å²) in [6.07, 6.45) is 1.40. The molecule has 0 saturated heterocycles. The summed E-state index contributed by atoms with van der Waals surface area (Å²) in [6.45, 7) is -0.171. The number of ether oxygens (including phenoxy) is 3. The van der Waals surface area contributed by atoms with E-state index in [0.717, 1.165) is 0 Å². The van der Waals surface area contributed by atoms with Crippen LogP contribution in [0.2, 0.25) is 0 Å².